The van der Waals surface area contributed by atoms with Crippen molar-refractivity contribution in [3.8, 4) is 5.75 Å². The van der Waals surface area contributed by atoms with E-state index in [1.807, 2.05) is 0 Å². The Morgan fingerprint density at radius 2 is 1.67 bits per heavy atom. The SMILES string of the molecule is COc1ccc(NC(=O)COC(=O)c2ccc(S(=O)(=O)N3CCOCC3)cc2)cc1. The largest absolute Gasteiger partial charge is 0.497 e. The Kier molecular flexibility index (Phi) is 7.03. The lowest BCUT2D eigenvalue weighted by atomic mass is 10.2. The highest BCUT2D eigenvalue weighted by atomic mass is 32.2. The Balaban J connectivity index is 1.54. The molecule has 2 aromatic rings. The van der Waals surface area contributed by atoms with Gasteiger partial charge >= 0.3 is 5.97 Å². The maximum absolute atomic E-state index is 12.6. The summed E-state index contributed by atoms with van der Waals surface area (Å²) in [5.41, 5.74) is 0.683. The van der Waals surface area contributed by atoms with Crippen molar-refractivity contribution in [3.05, 3.63) is 54.1 Å². The fraction of sp³-hybridized carbons (Fsp3) is 0.300. The van der Waals surface area contributed by atoms with E-state index < -0.39 is 28.5 Å². The first kappa shape index (κ1) is 21.8. The molecule has 1 N–H and O–H groups in total. The minimum Gasteiger partial charge on any atom is -0.497 e. The number of hydrogen-bond acceptors (Lipinski definition) is 7. The molecule has 0 aliphatic carbocycles. The van der Waals surface area contributed by atoms with Crippen LogP contribution in [0.15, 0.2) is 53.4 Å². The number of esters is 1. The number of morpholine rings is 1. The van der Waals surface area contributed by atoms with E-state index in [2.05, 4.69) is 5.32 Å². The minimum absolute atomic E-state index is 0.0817. The number of amides is 1. The van der Waals surface area contributed by atoms with Gasteiger partial charge in [0.2, 0.25) is 10.0 Å². The molecule has 1 aliphatic rings. The van der Waals surface area contributed by atoms with Gasteiger partial charge in [-0.25, -0.2) is 13.2 Å². The summed E-state index contributed by atoms with van der Waals surface area (Å²) in [6.07, 6.45) is 0. The standard InChI is InChI=1S/C20H22N2O7S/c1-27-17-6-4-16(5-7-17)21-19(23)14-29-20(24)15-2-8-18(9-3-15)30(25,26)22-10-12-28-13-11-22/h2-9H,10-14H2,1H3,(H,21,23). The highest BCUT2D eigenvalue weighted by Gasteiger charge is 2.26. The molecule has 2 aromatic carbocycles. The van der Waals surface area contributed by atoms with Gasteiger partial charge in [0.1, 0.15) is 5.75 Å². The molecule has 160 valence electrons. The maximum atomic E-state index is 12.6. The Hall–Kier alpha value is -2.95. The second kappa shape index (κ2) is 9.70. The molecule has 30 heavy (non-hydrogen) atoms. The average Bonchev–Trinajstić information content (AvgIpc) is 2.78. The van der Waals surface area contributed by atoms with Crippen LogP contribution in [0.1, 0.15) is 10.4 Å². The third kappa shape index (κ3) is 5.35. The fourth-order valence-corrected chi connectivity index (χ4v) is 4.19. The van der Waals surface area contributed by atoms with Crippen LogP contribution in [-0.4, -0.2) is 64.6 Å². The molecule has 0 radical (unpaired) electrons. The number of nitrogens with one attached hydrogen (secondary N) is 1. The van der Waals surface area contributed by atoms with E-state index in [-0.39, 0.29) is 23.5 Å². The Labute approximate surface area is 174 Å². The number of anilines is 1. The number of methoxy groups -OCH3 is 1. The van der Waals surface area contributed by atoms with Crippen molar-refractivity contribution in [3.63, 3.8) is 0 Å². The van der Waals surface area contributed by atoms with Crippen LogP contribution in [0.2, 0.25) is 0 Å². The van der Waals surface area contributed by atoms with Crippen molar-refractivity contribution in [1.82, 2.24) is 4.31 Å². The van der Waals surface area contributed by atoms with Gasteiger partial charge in [0.25, 0.3) is 5.91 Å². The van der Waals surface area contributed by atoms with Gasteiger partial charge in [-0.3, -0.25) is 4.79 Å². The number of ether oxygens (including phenoxy) is 3. The van der Waals surface area contributed by atoms with Crippen molar-refractivity contribution >= 4 is 27.6 Å². The van der Waals surface area contributed by atoms with E-state index in [9.17, 15) is 18.0 Å². The van der Waals surface area contributed by atoms with Crippen LogP contribution in [0.5, 0.6) is 5.75 Å². The van der Waals surface area contributed by atoms with Crippen LogP contribution in [-0.2, 0) is 24.3 Å². The predicted molar refractivity (Wildman–Crippen MR) is 108 cm³/mol. The molecule has 0 unspecified atom stereocenters. The lowest BCUT2D eigenvalue weighted by Crippen LogP contribution is -2.40. The summed E-state index contributed by atoms with van der Waals surface area (Å²) in [5, 5.41) is 2.60. The van der Waals surface area contributed by atoms with Gasteiger partial charge in [-0.05, 0) is 48.5 Å². The number of nitrogens with zero attached hydrogens (tertiary/aromatic N) is 1. The van der Waals surface area contributed by atoms with Crippen LogP contribution in [0.3, 0.4) is 0 Å². The van der Waals surface area contributed by atoms with Gasteiger partial charge < -0.3 is 19.5 Å². The van der Waals surface area contributed by atoms with Crippen LogP contribution < -0.4 is 10.1 Å². The first-order chi connectivity index (χ1) is 14.4. The first-order valence-corrected chi connectivity index (χ1v) is 10.6. The van der Waals surface area contributed by atoms with Gasteiger partial charge in [-0.2, -0.15) is 4.31 Å². The molecule has 1 amide bonds. The topological polar surface area (TPSA) is 111 Å². The monoisotopic (exact) mass is 434 g/mol. The molecule has 3 rings (SSSR count). The minimum atomic E-state index is -3.64. The van der Waals surface area contributed by atoms with Gasteiger partial charge in [-0.15, -0.1) is 0 Å². The Bertz CT molecular complexity index is 983. The van der Waals surface area contributed by atoms with E-state index in [0.717, 1.165) is 0 Å². The Morgan fingerprint density at radius 3 is 2.27 bits per heavy atom. The van der Waals surface area contributed by atoms with E-state index in [1.165, 1.54) is 35.7 Å². The smallest absolute Gasteiger partial charge is 0.338 e. The van der Waals surface area contributed by atoms with E-state index in [1.54, 1.807) is 24.3 Å². The molecule has 0 bridgehead atoms. The molecule has 0 saturated carbocycles. The zero-order valence-corrected chi connectivity index (χ0v) is 17.2. The lowest BCUT2D eigenvalue weighted by Gasteiger charge is -2.26. The van der Waals surface area contributed by atoms with Crippen molar-refractivity contribution in [2.24, 2.45) is 0 Å². The molecule has 1 fully saturated rings. The molecular formula is C20H22N2O7S. The first-order valence-electron chi connectivity index (χ1n) is 9.19. The van der Waals surface area contributed by atoms with Crippen molar-refractivity contribution in [1.29, 1.82) is 0 Å². The second-order valence-corrected chi connectivity index (χ2v) is 8.33. The van der Waals surface area contributed by atoms with E-state index in [4.69, 9.17) is 14.2 Å². The second-order valence-electron chi connectivity index (χ2n) is 6.39. The van der Waals surface area contributed by atoms with Gasteiger partial charge in [-0.1, -0.05) is 0 Å². The summed E-state index contributed by atoms with van der Waals surface area (Å²) >= 11 is 0. The molecule has 0 atom stereocenters. The van der Waals surface area contributed by atoms with Crippen molar-refractivity contribution in [2.45, 2.75) is 4.90 Å². The Morgan fingerprint density at radius 1 is 1.03 bits per heavy atom. The van der Waals surface area contributed by atoms with Gasteiger partial charge in [0, 0.05) is 18.8 Å². The van der Waals surface area contributed by atoms with Crippen LogP contribution in [0, 0.1) is 0 Å². The third-order valence-corrected chi connectivity index (χ3v) is 6.32. The molecule has 10 heteroatoms. The third-order valence-electron chi connectivity index (χ3n) is 4.41. The average molecular weight is 434 g/mol. The number of carbonyl (C=O) groups excluding carboxylic acids is 2. The molecule has 1 heterocycles. The number of rotatable bonds is 7. The molecule has 0 spiro atoms. The summed E-state index contributed by atoms with van der Waals surface area (Å²) in [5.74, 6) is -0.575. The van der Waals surface area contributed by atoms with Crippen LogP contribution in [0.25, 0.3) is 0 Å². The van der Waals surface area contributed by atoms with Crippen molar-refractivity contribution < 1.29 is 32.2 Å². The number of benzene rings is 2. The van der Waals surface area contributed by atoms with Crippen LogP contribution >= 0.6 is 0 Å². The quantitative estimate of drug-likeness (QED) is 0.658. The zero-order valence-electron chi connectivity index (χ0n) is 16.4. The molecule has 9 nitrogen and oxygen atoms in total. The fourth-order valence-electron chi connectivity index (χ4n) is 2.78. The summed E-state index contributed by atoms with van der Waals surface area (Å²) in [7, 11) is -2.10. The molecule has 0 aromatic heterocycles. The number of sulfonamides is 1. The van der Waals surface area contributed by atoms with Gasteiger partial charge in [0.15, 0.2) is 6.61 Å². The van der Waals surface area contributed by atoms with E-state index >= 15 is 0 Å². The van der Waals surface area contributed by atoms with Crippen molar-refractivity contribution in [2.75, 3.05) is 45.3 Å². The summed E-state index contributed by atoms with van der Waals surface area (Å²) in [6.45, 7) is 0.800. The summed E-state index contributed by atoms with van der Waals surface area (Å²) in [4.78, 5) is 24.2. The molecule has 1 saturated heterocycles. The highest BCUT2D eigenvalue weighted by Crippen LogP contribution is 2.18. The zero-order chi connectivity index (χ0) is 21.6. The van der Waals surface area contributed by atoms with Crippen LogP contribution in [0.4, 0.5) is 5.69 Å². The normalized spacial score (nSPS) is 14.7. The molecule has 1 aliphatic heterocycles. The highest BCUT2D eigenvalue weighted by molar-refractivity contribution is 7.89. The summed E-state index contributed by atoms with van der Waals surface area (Å²) < 4.78 is 41.7. The van der Waals surface area contributed by atoms with E-state index in [0.29, 0.717) is 24.7 Å². The number of carbonyl (C=O) groups is 2. The maximum Gasteiger partial charge on any atom is 0.338 e. The summed E-state index contributed by atoms with van der Waals surface area (Å²) in [6, 6.07) is 12.1. The lowest BCUT2D eigenvalue weighted by molar-refractivity contribution is -0.119. The predicted octanol–water partition coefficient (Wildman–Crippen LogP) is 1.51. The molecular weight excluding hydrogens is 412 g/mol. The number of hydrogen-bond donors (Lipinski definition) is 1. The van der Waals surface area contributed by atoms with Gasteiger partial charge in [0.05, 0.1) is 30.8 Å².